The first kappa shape index (κ1) is 33.6. The van der Waals surface area contributed by atoms with E-state index in [2.05, 4.69) is 36.9 Å². The predicted octanol–water partition coefficient (Wildman–Crippen LogP) is 11.2. The molecule has 0 saturated carbocycles. The smallest absolute Gasteiger partial charge is 0.0924 e. The van der Waals surface area contributed by atoms with Crippen molar-refractivity contribution in [2.24, 2.45) is 0 Å². The zero-order valence-corrected chi connectivity index (χ0v) is 26.7. The van der Waals surface area contributed by atoms with Crippen molar-refractivity contribution < 1.29 is 5.11 Å². The van der Waals surface area contributed by atoms with Crippen LogP contribution >= 0.6 is 11.6 Å². The van der Waals surface area contributed by atoms with E-state index < -0.39 is 6.10 Å². The first-order valence-electron chi connectivity index (χ1n) is 16.7. The molecule has 0 aliphatic heterocycles. The van der Waals surface area contributed by atoms with Gasteiger partial charge in [-0.15, -0.1) is 0 Å². The quantitative estimate of drug-likeness (QED) is 0.120. The van der Waals surface area contributed by atoms with Crippen LogP contribution in [0.3, 0.4) is 0 Å². The Morgan fingerprint density at radius 3 is 1.78 bits per heavy atom. The summed E-state index contributed by atoms with van der Waals surface area (Å²) in [6, 6.07) is 18.2. The molecule has 1 N–H and O–H groups in total. The highest BCUT2D eigenvalue weighted by Crippen LogP contribution is 2.31. The van der Waals surface area contributed by atoms with E-state index in [1.807, 2.05) is 36.4 Å². The van der Waals surface area contributed by atoms with Gasteiger partial charge in [-0.05, 0) is 49.7 Å². The summed E-state index contributed by atoms with van der Waals surface area (Å²) >= 11 is 6.36. The van der Waals surface area contributed by atoms with E-state index in [9.17, 15) is 5.11 Å². The number of benzene rings is 2. The number of nitrogens with zero attached hydrogens (tertiary/aromatic N) is 2. The van der Waals surface area contributed by atoms with Gasteiger partial charge in [-0.25, -0.2) is 4.98 Å². The number of unbranched alkanes of at least 4 members (excludes halogenated alkanes) is 14. The van der Waals surface area contributed by atoms with Gasteiger partial charge >= 0.3 is 0 Å². The third-order valence-corrected chi connectivity index (χ3v) is 8.55. The zero-order chi connectivity index (χ0) is 29.1. The summed E-state index contributed by atoms with van der Waals surface area (Å²) in [5.41, 5.74) is 3.72. The number of halogens is 1. The summed E-state index contributed by atoms with van der Waals surface area (Å²) < 4.78 is 0. The van der Waals surface area contributed by atoms with Gasteiger partial charge in [0.15, 0.2) is 0 Å². The van der Waals surface area contributed by atoms with E-state index in [1.165, 1.54) is 103 Å². The van der Waals surface area contributed by atoms with Gasteiger partial charge < -0.3 is 10.0 Å². The van der Waals surface area contributed by atoms with E-state index in [0.29, 0.717) is 11.6 Å². The Morgan fingerprint density at radius 2 is 1.22 bits per heavy atom. The van der Waals surface area contributed by atoms with Crippen molar-refractivity contribution in [2.75, 3.05) is 19.6 Å². The van der Waals surface area contributed by atoms with Crippen molar-refractivity contribution in [3.05, 3.63) is 65.2 Å². The lowest BCUT2D eigenvalue weighted by Gasteiger charge is -2.26. The lowest BCUT2D eigenvalue weighted by Crippen LogP contribution is -2.31. The van der Waals surface area contributed by atoms with Gasteiger partial charge in [0.05, 0.1) is 17.3 Å². The number of fused-ring (bicyclic) bond motifs is 1. The molecule has 0 aliphatic rings. The van der Waals surface area contributed by atoms with Crippen LogP contribution in [0.2, 0.25) is 5.02 Å². The number of pyridine rings is 1. The summed E-state index contributed by atoms with van der Waals surface area (Å²) in [6.07, 6.45) is 20.6. The van der Waals surface area contributed by atoms with Crippen molar-refractivity contribution in [2.45, 2.75) is 123 Å². The van der Waals surface area contributed by atoms with Crippen molar-refractivity contribution >= 4 is 22.5 Å². The molecular weight excluding hydrogens is 524 g/mol. The minimum atomic E-state index is -0.577. The molecule has 1 unspecified atom stereocenters. The summed E-state index contributed by atoms with van der Waals surface area (Å²) in [6.45, 7) is 7.33. The van der Waals surface area contributed by atoms with E-state index in [4.69, 9.17) is 16.6 Å². The molecular formula is C37H55ClN2O. The number of rotatable bonds is 22. The third kappa shape index (κ3) is 12.4. The second kappa shape index (κ2) is 20.1. The van der Waals surface area contributed by atoms with Crippen molar-refractivity contribution in [1.29, 1.82) is 0 Å². The first-order valence-corrected chi connectivity index (χ1v) is 17.1. The molecule has 0 aliphatic carbocycles. The predicted molar refractivity (Wildman–Crippen MR) is 179 cm³/mol. The molecule has 0 saturated heterocycles. The van der Waals surface area contributed by atoms with Gasteiger partial charge in [0.2, 0.25) is 0 Å². The minimum absolute atomic E-state index is 0.577. The average molecular weight is 579 g/mol. The molecule has 4 heteroatoms. The summed E-state index contributed by atoms with van der Waals surface area (Å²) in [4.78, 5) is 7.43. The number of hydrogen-bond donors (Lipinski definition) is 1. The maximum atomic E-state index is 11.7. The van der Waals surface area contributed by atoms with E-state index >= 15 is 0 Å². The largest absolute Gasteiger partial charge is 0.387 e. The normalized spacial score (nSPS) is 12.4. The highest BCUT2D eigenvalue weighted by Gasteiger charge is 2.18. The van der Waals surface area contributed by atoms with Crippen LogP contribution in [0.5, 0.6) is 0 Å². The highest BCUT2D eigenvalue weighted by atomic mass is 35.5. The topological polar surface area (TPSA) is 36.4 Å². The molecule has 2 aromatic carbocycles. The van der Waals surface area contributed by atoms with Gasteiger partial charge in [-0.1, -0.05) is 152 Å². The molecule has 3 aromatic rings. The molecule has 1 heterocycles. The Labute approximate surface area is 255 Å². The van der Waals surface area contributed by atoms with E-state index in [1.54, 1.807) is 0 Å². The lowest BCUT2D eigenvalue weighted by molar-refractivity contribution is 0.111. The van der Waals surface area contributed by atoms with Crippen molar-refractivity contribution in [1.82, 2.24) is 9.88 Å². The Kier molecular flexibility index (Phi) is 16.4. The second-order valence-electron chi connectivity index (χ2n) is 11.9. The van der Waals surface area contributed by atoms with Crippen LogP contribution in [0.4, 0.5) is 0 Å². The Hall–Kier alpha value is -1.94. The summed E-state index contributed by atoms with van der Waals surface area (Å²) in [5.74, 6) is 0. The molecule has 0 radical (unpaired) electrons. The van der Waals surface area contributed by atoms with Gasteiger partial charge in [-0.2, -0.15) is 0 Å². The first-order chi connectivity index (χ1) is 20.1. The van der Waals surface area contributed by atoms with Crippen molar-refractivity contribution in [3.63, 3.8) is 0 Å². The van der Waals surface area contributed by atoms with Crippen LogP contribution in [0, 0.1) is 0 Å². The molecule has 0 spiro atoms. The third-order valence-electron chi connectivity index (χ3n) is 8.32. The summed E-state index contributed by atoms with van der Waals surface area (Å²) in [7, 11) is 0. The molecule has 0 bridgehead atoms. The molecule has 3 rings (SSSR count). The fourth-order valence-corrected chi connectivity index (χ4v) is 6.00. The van der Waals surface area contributed by atoms with E-state index in [0.717, 1.165) is 40.8 Å². The highest BCUT2D eigenvalue weighted by molar-refractivity contribution is 6.31. The van der Waals surface area contributed by atoms with Crippen molar-refractivity contribution in [3.8, 4) is 11.3 Å². The second-order valence-corrected chi connectivity index (χ2v) is 12.3. The van der Waals surface area contributed by atoms with Gasteiger partial charge in [0.1, 0.15) is 0 Å². The Bertz CT molecular complexity index is 1080. The Morgan fingerprint density at radius 1 is 0.683 bits per heavy atom. The molecule has 3 nitrogen and oxygen atoms in total. The van der Waals surface area contributed by atoms with Crippen LogP contribution in [0.25, 0.3) is 22.2 Å². The lowest BCUT2D eigenvalue weighted by atomic mass is 9.99. The number of aliphatic hydroxyl groups excluding tert-OH is 1. The van der Waals surface area contributed by atoms with Gasteiger partial charge in [0, 0.05) is 22.5 Å². The average Bonchev–Trinajstić information content (AvgIpc) is 2.99. The SMILES string of the molecule is CCCCCCCCCCN(CCCCCCCCCC)CC(O)c1cc(-c2ccccc2)nc2cc(Cl)ccc12. The van der Waals surface area contributed by atoms with Crippen LogP contribution in [0.1, 0.15) is 128 Å². The zero-order valence-electron chi connectivity index (χ0n) is 25.9. The molecule has 1 atom stereocenters. The molecule has 0 amide bonds. The maximum absolute atomic E-state index is 11.7. The minimum Gasteiger partial charge on any atom is -0.387 e. The van der Waals surface area contributed by atoms with Crippen LogP contribution in [-0.4, -0.2) is 34.6 Å². The van der Waals surface area contributed by atoms with Gasteiger partial charge in [0.25, 0.3) is 0 Å². The number of aliphatic hydroxyl groups is 1. The Balaban J connectivity index is 1.65. The van der Waals surface area contributed by atoms with Gasteiger partial charge in [-0.3, -0.25) is 0 Å². The van der Waals surface area contributed by atoms with Crippen LogP contribution in [-0.2, 0) is 0 Å². The standard InChI is InChI=1S/C37H55ClN2O/c1-3-5-7-9-11-13-15-20-26-40(27-21-16-14-12-10-8-6-4-2)30-37(41)34-29-35(31-22-18-17-19-23-31)39-36-28-32(38)24-25-33(34)36/h17-19,22-25,28-29,37,41H,3-16,20-21,26-27,30H2,1-2H3. The number of aromatic nitrogens is 1. The van der Waals surface area contributed by atoms with Crippen LogP contribution < -0.4 is 0 Å². The summed E-state index contributed by atoms with van der Waals surface area (Å²) in [5, 5.41) is 13.3. The molecule has 226 valence electrons. The molecule has 0 fully saturated rings. The fraction of sp³-hybridized carbons (Fsp3) is 0.595. The molecule has 1 aromatic heterocycles. The number of hydrogen-bond acceptors (Lipinski definition) is 3. The van der Waals surface area contributed by atoms with E-state index in [-0.39, 0.29) is 0 Å². The fourth-order valence-electron chi connectivity index (χ4n) is 5.84. The maximum Gasteiger partial charge on any atom is 0.0924 e. The monoisotopic (exact) mass is 578 g/mol. The molecule has 41 heavy (non-hydrogen) atoms. The van der Waals surface area contributed by atoms with Crippen LogP contribution in [0.15, 0.2) is 54.6 Å².